The van der Waals surface area contributed by atoms with E-state index in [1.54, 1.807) is 23.6 Å². The van der Waals surface area contributed by atoms with E-state index in [1.807, 2.05) is 26.0 Å². The fourth-order valence-electron chi connectivity index (χ4n) is 2.96. The van der Waals surface area contributed by atoms with Crippen molar-refractivity contribution in [1.29, 1.82) is 5.26 Å². The molecule has 1 aliphatic carbocycles. The molecule has 0 aromatic carbocycles. The quantitative estimate of drug-likeness (QED) is 0.652. The van der Waals surface area contributed by atoms with Gasteiger partial charge in [0.25, 0.3) is 0 Å². The smallest absolute Gasteiger partial charge is 0.218 e. The number of nitrogens with zero attached hydrogens (tertiary/aromatic N) is 6. The van der Waals surface area contributed by atoms with Gasteiger partial charge in [0.1, 0.15) is 27.7 Å². The fourth-order valence-corrected chi connectivity index (χ4v) is 3.61. The standard InChI is InChI=1S/C19H19N7OS/c1-11-23-17(22-9-19-26-25-12(2)28-19)6-18(24-11)27-10-14-5-15(14)16-4-3-13(7-20)8-21-16/h3-4,6,8,14-15H,5,9-10H2,1-2H3,(H,22,23,24)/t14-,15+/m1/s1. The molecule has 0 amide bonds. The van der Waals surface area contributed by atoms with Gasteiger partial charge in [0.05, 0.1) is 18.7 Å². The van der Waals surface area contributed by atoms with Crippen molar-refractivity contribution < 1.29 is 4.74 Å². The third-order valence-electron chi connectivity index (χ3n) is 4.47. The maximum absolute atomic E-state index is 8.86. The van der Waals surface area contributed by atoms with E-state index in [4.69, 9.17) is 10.00 Å². The molecular weight excluding hydrogens is 374 g/mol. The lowest BCUT2D eigenvalue weighted by molar-refractivity contribution is 0.284. The Balaban J connectivity index is 1.32. The van der Waals surface area contributed by atoms with E-state index in [-0.39, 0.29) is 0 Å². The second kappa shape index (κ2) is 7.86. The molecule has 0 saturated heterocycles. The minimum Gasteiger partial charge on any atom is -0.477 e. The van der Waals surface area contributed by atoms with Crippen LogP contribution < -0.4 is 10.1 Å². The summed E-state index contributed by atoms with van der Waals surface area (Å²) in [6, 6.07) is 7.63. The van der Waals surface area contributed by atoms with Crippen LogP contribution in [0.2, 0.25) is 0 Å². The Bertz CT molecular complexity index is 1010. The van der Waals surface area contributed by atoms with Crippen LogP contribution in [0.15, 0.2) is 24.4 Å². The highest BCUT2D eigenvalue weighted by Crippen LogP contribution is 2.46. The molecule has 0 unspecified atom stereocenters. The van der Waals surface area contributed by atoms with Crippen LogP contribution in [0.4, 0.5) is 5.82 Å². The van der Waals surface area contributed by atoms with Crippen LogP contribution in [0.25, 0.3) is 0 Å². The molecule has 0 spiro atoms. The summed E-state index contributed by atoms with van der Waals surface area (Å²) in [7, 11) is 0. The van der Waals surface area contributed by atoms with E-state index in [0.717, 1.165) is 22.1 Å². The van der Waals surface area contributed by atoms with Crippen molar-refractivity contribution in [2.45, 2.75) is 32.7 Å². The molecule has 1 saturated carbocycles. The molecule has 0 aliphatic heterocycles. The Kier molecular flexibility index (Phi) is 5.12. The minimum atomic E-state index is 0.383. The summed E-state index contributed by atoms with van der Waals surface area (Å²) in [6.45, 7) is 4.92. The van der Waals surface area contributed by atoms with Crippen molar-refractivity contribution in [2.75, 3.05) is 11.9 Å². The largest absolute Gasteiger partial charge is 0.477 e. The van der Waals surface area contributed by atoms with E-state index < -0.39 is 0 Å². The highest BCUT2D eigenvalue weighted by atomic mass is 32.1. The SMILES string of the molecule is Cc1nc(NCc2nnc(C)s2)cc(OC[C@H]2C[C@@H]2c2ccc(C#N)cn2)n1. The third kappa shape index (κ3) is 4.40. The minimum absolute atomic E-state index is 0.383. The Morgan fingerprint density at radius 2 is 2.18 bits per heavy atom. The van der Waals surface area contributed by atoms with E-state index in [2.05, 4.69) is 36.5 Å². The summed E-state index contributed by atoms with van der Waals surface area (Å²) in [4.78, 5) is 13.1. The Labute approximate surface area is 166 Å². The van der Waals surface area contributed by atoms with Crippen LogP contribution in [-0.4, -0.2) is 31.8 Å². The summed E-state index contributed by atoms with van der Waals surface area (Å²) >= 11 is 1.56. The van der Waals surface area contributed by atoms with Crippen molar-refractivity contribution in [3.8, 4) is 11.9 Å². The molecule has 1 N–H and O–H groups in total. The Hall–Kier alpha value is -3.12. The maximum Gasteiger partial charge on any atom is 0.218 e. The molecule has 3 aromatic rings. The van der Waals surface area contributed by atoms with Gasteiger partial charge in [-0.15, -0.1) is 10.2 Å². The monoisotopic (exact) mass is 393 g/mol. The number of aromatic nitrogens is 5. The van der Waals surface area contributed by atoms with Crippen LogP contribution in [0.3, 0.4) is 0 Å². The van der Waals surface area contributed by atoms with Gasteiger partial charge in [-0.2, -0.15) is 10.2 Å². The van der Waals surface area contributed by atoms with Crippen molar-refractivity contribution in [3.05, 3.63) is 51.5 Å². The zero-order valence-electron chi connectivity index (χ0n) is 15.6. The number of hydrogen-bond donors (Lipinski definition) is 1. The second-order valence-electron chi connectivity index (χ2n) is 6.70. The predicted octanol–water partition coefficient (Wildman–Crippen LogP) is 3.01. The summed E-state index contributed by atoms with van der Waals surface area (Å²) < 4.78 is 5.91. The van der Waals surface area contributed by atoms with Gasteiger partial charge in [-0.1, -0.05) is 11.3 Å². The number of nitrogens with one attached hydrogen (secondary N) is 1. The van der Waals surface area contributed by atoms with Crippen molar-refractivity contribution >= 4 is 17.2 Å². The molecule has 3 heterocycles. The lowest BCUT2D eigenvalue weighted by Gasteiger charge is -2.09. The highest BCUT2D eigenvalue weighted by Gasteiger charge is 2.40. The molecule has 3 aromatic heterocycles. The number of aryl methyl sites for hydroxylation is 2. The summed E-state index contributed by atoms with van der Waals surface area (Å²) in [5.74, 6) is 2.71. The van der Waals surface area contributed by atoms with Gasteiger partial charge in [0, 0.05) is 29.8 Å². The summed E-state index contributed by atoms with van der Waals surface area (Å²) in [6.07, 6.45) is 2.65. The molecule has 4 rings (SSSR count). The van der Waals surface area contributed by atoms with E-state index in [0.29, 0.717) is 48.1 Å². The van der Waals surface area contributed by atoms with E-state index in [9.17, 15) is 0 Å². The van der Waals surface area contributed by atoms with Crippen LogP contribution in [0.5, 0.6) is 5.88 Å². The van der Waals surface area contributed by atoms with E-state index >= 15 is 0 Å². The molecule has 0 radical (unpaired) electrons. The fraction of sp³-hybridized carbons (Fsp3) is 0.368. The molecule has 2 atom stereocenters. The van der Waals surface area contributed by atoms with Gasteiger partial charge in [0.15, 0.2) is 0 Å². The first-order valence-electron chi connectivity index (χ1n) is 8.98. The molecule has 8 nitrogen and oxygen atoms in total. The molecule has 28 heavy (non-hydrogen) atoms. The van der Waals surface area contributed by atoms with Crippen molar-refractivity contribution in [1.82, 2.24) is 25.1 Å². The van der Waals surface area contributed by atoms with Gasteiger partial charge < -0.3 is 10.1 Å². The average molecular weight is 393 g/mol. The van der Waals surface area contributed by atoms with Crippen LogP contribution in [-0.2, 0) is 6.54 Å². The maximum atomic E-state index is 8.86. The summed E-state index contributed by atoms with van der Waals surface area (Å²) in [5, 5.41) is 22.1. The predicted molar refractivity (Wildman–Crippen MR) is 104 cm³/mol. The first kappa shape index (κ1) is 18.3. The van der Waals surface area contributed by atoms with Gasteiger partial charge in [-0.25, -0.2) is 4.98 Å². The third-order valence-corrected chi connectivity index (χ3v) is 5.30. The van der Waals surface area contributed by atoms with Gasteiger partial charge in [0.2, 0.25) is 5.88 Å². The number of ether oxygens (including phenoxy) is 1. The summed E-state index contributed by atoms with van der Waals surface area (Å²) in [5.41, 5.74) is 1.60. The van der Waals surface area contributed by atoms with Gasteiger partial charge >= 0.3 is 0 Å². The number of hydrogen-bond acceptors (Lipinski definition) is 9. The normalized spacial score (nSPS) is 17.8. The topological polar surface area (TPSA) is 110 Å². The zero-order valence-corrected chi connectivity index (χ0v) is 16.4. The number of nitriles is 1. The van der Waals surface area contributed by atoms with Gasteiger partial charge in [-0.05, 0) is 32.4 Å². The highest BCUT2D eigenvalue weighted by molar-refractivity contribution is 7.11. The molecule has 9 heteroatoms. The van der Waals surface area contributed by atoms with Gasteiger partial charge in [-0.3, -0.25) is 4.98 Å². The first-order chi connectivity index (χ1) is 13.6. The van der Waals surface area contributed by atoms with Crippen molar-refractivity contribution in [3.63, 3.8) is 0 Å². The molecule has 0 bridgehead atoms. The first-order valence-corrected chi connectivity index (χ1v) is 9.80. The van der Waals surface area contributed by atoms with Crippen LogP contribution in [0, 0.1) is 31.1 Å². The Morgan fingerprint density at radius 1 is 1.29 bits per heavy atom. The van der Waals surface area contributed by atoms with Crippen LogP contribution in [0.1, 0.15) is 39.4 Å². The number of anilines is 1. The van der Waals surface area contributed by atoms with Crippen LogP contribution >= 0.6 is 11.3 Å². The average Bonchev–Trinajstić information content (AvgIpc) is 3.36. The number of pyridine rings is 1. The second-order valence-corrected chi connectivity index (χ2v) is 7.97. The van der Waals surface area contributed by atoms with E-state index in [1.165, 1.54) is 0 Å². The Morgan fingerprint density at radius 3 is 2.89 bits per heavy atom. The lowest BCUT2D eigenvalue weighted by Crippen LogP contribution is -2.07. The molecule has 1 fully saturated rings. The molecule has 142 valence electrons. The lowest BCUT2D eigenvalue weighted by atomic mass is 10.2. The number of rotatable bonds is 7. The zero-order chi connectivity index (χ0) is 19.5. The van der Waals surface area contributed by atoms with Crippen molar-refractivity contribution in [2.24, 2.45) is 5.92 Å². The molecular formula is C19H19N7OS. The molecule has 1 aliphatic rings.